The fourth-order valence-corrected chi connectivity index (χ4v) is 5.49. The first-order valence-electron chi connectivity index (χ1n) is 19.1. The molecule has 0 heterocycles. The molecule has 0 spiro atoms. The van der Waals surface area contributed by atoms with Crippen LogP contribution in [-0.4, -0.2) is 48.4 Å². The Morgan fingerprint density at radius 3 is 1.13 bits per heavy atom. The smallest absolute Gasteiger partial charge is 0.334 e. The molecule has 266 valence electrons. The standard InChI is InChI=1S/C38H72O7/c1-4-6-8-10-12-14-16-18-20-22-24-26-28-30-36(40)43-32-35(33-44-38(42)34(3)39)45-37(41)31-29-27-25-23-21-19-17-15-13-11-9-7-5-2/h34-35,39H,4-33H2,1-3H3/t34-,35?/m0/s1. The zero-order valence-corrected chi connectivity index (χ0v) is 29.8. The molecular weight excluding hydrogens is 568 g/mol. The summed E-state index contributed by atoms with van der Waals surface area (Å²) in [5.74, 6) is -1.52. The van der Waals surface area contributed by atoms with E-state index in [0.29, 0.717) is 6.42 Å². The summed E-state index contributed by atoms with van der Waals surface area (Å²) < 4.78 is 15.9. The number of aliphatic hydroxyl groups is 1. The molecule has 0 aromatic heterocycles. The van der Waals surface area contributed by atoms with Crippen molar-refractivity contribution in [3.8, 4) is 0 Å². The monoisotopic (exact) mass is 641 g/mol. The van der Waals surface area contributed by atoms with Gasteiger partial charge in [-0.1, -0.05) is 168 Å². The lowest BCUT2D eigenvalue weighted by atomic mass is 10.0. The molecule has 0 aliphatic carbocycles. The second-order valence-electron chi connectivity index (χ2n) is 13.1. The predicted molar refractivity (Wildman–Crippen MR) is 184 cm³/mol. The minimum atomic E-state index is -1.27. The van der Waals surface area contributed by atoms with E-state index in [0.717, 1.165) is 38.5 Å². The van der Waals surface area contributed by atoms with Crippen LogP contribution in [0.3, 0.4) is 0 Å². The number of ether oxygens (including phenoxy) is 3. The summed E-state index contributed by atoms with van der Waals surface area (Å²) >= 11 is 0. The minimum Gasteiger partial charge on any atom is -0.462 e. The van der Waals surface area contributed by atoms with Crippen LogP contribution in [0.5, 0.6) is 0 Å². The molecule has 0 aliphatic heterocycles. The third kappa shape index (κ3) is 32.1. The van der Waals surface area contributed by atoms with E-state index < -0.39 is 18.2 Å². The van der Waals surface area contributed by atoms with Gasteiger partial charge in [-0.3, -0.25) is 9.59 Å². The van der Waals surface area contributed by atoms with E-state index in [9.17, 15) is 19.5 Å². The Bertz CT molecular complexity index is 679. The Labute approximate surface area is 277 Å². The molecular formula is C38H72O7. The van der Waals surface area contributed by atoms with E-state index >= 15 is 0 Å². The summed E-state index contributed by atoms with van der Waals surface area (Å²) in [6.45, 7) is 5.41. The Morgan fingerprint density at radius 2 is 0.778 bits per heavy atom. The van der Waals surface area contributed by atoms with Crippen LogP contribution in [0.4, 0.5) is 0 Å². The highest BCUT2D eigenvalue weighted by molar-refractivity contribution is 5.74. The summed E-state index contributed by atoms with van der Waals surface area (Å²) in [6.07, 6.45) is 30.6. The van der Waals surface area contributed by atoms with Crippen molar-refractivity contribution in [1.29, 1.82) is 0 Å². The van der Waals surface area contributed by atoms with Crippen LogP contribution in [0, 0.1) is 0 Å². The van der Waals surface area contributed by atoms with Gasteiger partial charge in [-0.2, -0.15) is 0 Å². The highest BCUT2D eigenvalue weighted by Crippen LogP contribution is 2.15. The largest absolute Gasteiger partial charge is 0.462 e. The quantitative estimate of drug-likeness (QED) is 0.0424. The number of carbonyl (C=O) groups excluding carboxylic acids is 3. The number of hydrogen-bond donors (Lipinski definition) is 1. The van der Waals surface area contributed by atoms with E-state index in [1.54, 1.807) is 0 Å². The van der Waals surface area contributed by atoms with Gasteiger partial charge in [0.2, 0.25) is 0 Å². The maximum Gasteiger partial charge on any atom is 0.334 e. The molecule has 2 atom stereocenters. The average Bonchev–Trinajstić information content (AvgIpc) is 3.02. The molecule has 1 unspecified atom stereocenters. The molecule has 0 aromatic carbocycles. The molecule has 0 fully saturated rings. The molecule has 0 aliphatic rings. The van der Waals surface area contributed by atoms with Crippen LogP contribution >= 0.6 is 0 Å². The van der Waals surface area contributed by atoms with E-state index in [1.165, 1.54) is 135 Å². The maximum atomic E-state index is 12.4. The SMILES string of the molecule is CCCCCCCCCCCCCCCC(=O)OCC(COC(=O)[C@H](C)O)OC(=O)CCCCCCCCCCCCCCC. The van der Waals surface area contributed by atoms with Crippen LogP contribution in [-0.2, 0) is 28.6 Å². The summed E-state index contributed by atoms with van der Waals surface area (Å²) in [5, 5.41) is 9.40. The van der Waals surface area contributed by atoms with Crippen molar-refractivity contribution in [1.82, 2.24) is 0 Å². The van der Waals surface area contributed by atoms with Crippen LogP contribution in [0.1, 0.15) is 201 Å². The lowest BCUT2D eigenvalue weighted by Crippen LogP contribution is -2.32. The second kappa shape index (κ2) is 33.7. The van der Waals surface area contributed by atoms with Crippen LogP contribution in [0.25, 0.3) is 0 Å². The van der Waals surface area contributed by atoms with Gasteiger partial charge in [0.1, 0.15) is 19.3 Å². The van der Waals surface area contributed by atoms with Crippen molar-refractivity contribution in [2.75, 3.05) is 13.2 Å². The van der Waals surface area contributed by atoms with Gasteiger partial charge in [0, 0.05) is 12.8 Å². The highest BCUT2D eigenvalue weighted by Gasteiger charge is 2.20. The molecule has 0 saturated carbocycles. The molecule has 45 heavy (non-hydrogen) atoms. The number of aliphatic hydroxyl groups excluding tert-OH is 1. The maximum absolute atomic E-state index is 12.4. The molecule has 0 bridgehead atoms. The predicted octanol–water partition coefficient (Wildman–Crippen LogP) is 10.3. The molecule has 1 N–H and O–H groups in total. The first-order chi connectivity index (χ1) is 21.9. The minimum absolute atomic E-state index is 0.158. The zero-order chi connectivity index (χ0) is 33.2. The molecule has 0 rings (SSSR count). The van der Waals surface area contributed by atoms with Crippen molar-refractivity contribution in [2.24, 2.45) is 0 Å². The molecule has 0 amide bonds. The third-order valence-electron chi connectivity index (χ3n) is 8.45. The number of rotatable bonds is 34. The van der Waals surface area contributed by atoms with Gasteiger partial charge in [0.15, 0.2) is 6.10 Å². The molecule has 0 aromatic rings. The topological polar surface area (TPSA) is 99.1 Å². The van der Waals surface area contributed by atoms with Crippen molar-refractivity contribution in [2.45, 2.75) is 213 Å². The first kappa shape index (κ1) is 43.4. The lowest BCUT2D eigenvalue weighted by molar-refractivity contribution is -0.169. The summed E-state index contributed by atoms with van der Waals surface area (Å²) in [6, 6.07) is 0. The Balaban J connectivity index is 4.01. The van der Waals surface area contributed by atoms with E-state index in [-0.39, 0.29) is 31.6 Å². The van der Waals surface area contributed by atoms with Crippen LogP contribution in [0.15, 0.2) is 0 Å². The van der Waals surface area contributed by atoms with Crippen molar-refractivity contribution in [3.63, 3.8) is 0 Å². The average molecular weight is 641 g/mol. The fourth-order valence-electron chi connectivity index (χ4n) is 5.49. The Kier molecular flexibility index (Phi) is 32.5. The summed E-state index contributed by atoms with van der Waals surface area (Å²) in [4.78, 5) is 36.4. The Morgan fingerprint density at radius 1 is 0.467 bits per heavy atom. The van der Waals surface area contributed by atoms with Gasteiger partial charge in [-0.25, -0.2) is 4.79 Å². The Hall–Kier alpha value is -1.63. The number of carbonyl (C=O) groups is 3. The molecule has 7 nitrogen and oxygen atoms in total. The number of hydrogen-bond acceptors (Lipinski definition) is 7. The molecule has 7 heteroatoms. The zero-order valence-electron chi connectivity index (χ0n) is 29.8. The highest BCUT2D eigenvalue weighted by atomic mass is 16.6. The van der Waals surface area contributed by atoms with E-state index in [2.05, 4.69) is 13.8 Å². The van der Waals surface area contributed by atoms with Crippen molar-refractivity contribution < 1.29 is 33.7 Å². The molecule has 0 saturated heterocycles. The van der Waals surface area contributed by atoms with Crippen LogP contribution < -0.4 is 0 Å². The van der Waals surface area contributed by atoms with Crippen molar-refractivity contribution in [3.05, 3.63) is 0 Å². The first-order valence-corrected chi connectivity index (χ1v) is 19.1. The van der Waals surface area contributed by atoms with E-state index in [1.807, 2.05) is 0 Å². The number of unbranched alkanes of at least 4 members (excludes halogenated alkanes) is 24. The van der Waals surface area contributed by atoms with Gasteiger partial charge < -0.3 is 19.3 Å². The van der Waals surface area contributed by atoms with Gasteiger partial charge in [-0.05, 0) is 19.8 Å². The van der Waals surface area contributed by atoms with Gasteiger partial charge in [0.05, 0.1) is 0 Å². The van der Waals surface area contributed by atoms with Crippen LogP contribution in [0.2, 0.25) is 0 Å². The van der Waals surface area contributed by atoms with Gasteiger partial charge in [0.25, 0.3) is 0 Å². The van der Waals surface area contributed by atoms with Crippen molar-refractivity contribution >= 4 is 17.9 Å². The third-order valence-corrected chi connectivity index (χ3v) is 8.45. The van der Waals surface area contributed by atoms with Gasteiger partial charge in [-0.15, -0.1) is 0 Å². The molecule has 0 radical (unpaired) electrons. The fraction of sp³-hybridized carbons (Fsp3) is 0.921. The number of esters is 3. The second-order valence-corrected chi connectivity index (χ2v) is 13.1. The summed E-state index contributed by atoms with van der Waals surface area (Å²) in [5.41, 5.74) is 0. The summed E-state index contributed by atoms with van der Waals surface area (Å²) in [7, 11) is 0. The normalized spacial score (nSPS) is 12.5. The lowest BCUT2D eigenvalue weighted by Gasteiger charge is -2.18. The van der Waals surface area contributed by atoms with Gasteiger partial charge >= 0.3 is 17.9 Å². The van der Waals surface area contributed by atoms with E-state index in [4.69, 9.17) is 14.2 Å².